The van der Waals surface area contributed by atoms with E-state index in [-0.39, 0.29) is 11.9 Å². The van der Waals surface area contributed by atoms with Crippen LogP contribution in [0, 0.1) is 0 Å². The van der Waals surface area contributed by atoms with Crippen molar-refractivity contribution in [3.05, 3.63) is 70.8 Å². The number of fused-ring (bicyclic) bond motifs is 1. The van der Waals surface area contributed by atoms with Gasteiger partial charge in [-0.15, -0.1) is 0 Å². The third kappa shape index (κ3) is 4.60. The molecule has 1 N–H and O–H groups in total. The monoisotopic (exact) mass is 349 g/mol. The average Bonchev–Trinajstić information content (AvgIpc) is 2.67. The molecular formula is C22H23NO3. The van der Waals surface area contributed by atoms with Gasteiger partial charge in [0.2, 0.25) is 0 Å². The van der Waals surface area contributed by atoms with E-state index < -0.39 is 0 Å². The minimum absolute atomic E-state index is 0.104. The minimum atomic E-state index is -0.364. The molecule has 0 aliphatic heterocycles. The maximum Gasteiger partial charge on any atom is 0.330 e. The number of aryl methyl sites for hydroxylation is 2. The minimum Gasteiger partial charge on any atom is -0.463 e. The summed E-state index contributed by atoms with van der Waals surface area (Å²) in [5, 5.41) is 2.92. The lowest BCUT2D eigenvalue weighted by molar-refractivity contribution is -0.137. The molecule has 134 valence electrons. The molecule has 4 nitrogen and oxygen atoms in total. The molecule has 0 radical (unpaired) electrons. The van der Waals surface area contributed by atoms with Crippen molar-refractivity contribution in [3.8, 4) is 0 Å². The summed E-state index contributed by atoms with van der Waals surface area (Å²) in [5.41, 5.74) is 4.94. The molecule has 0 atom stereocenters. The van der Waals surface area contributed by atoms with Gasteiger partial charge < -0.3 is 10.1 Å². The lowest BCUT2D eigenvalue weighted by atomic mass is 9.90. The smallest absolute Gasteiger partial charge is 0.330 e. The van der Waals surface area contributed by atoms with Crippen LogP contribution in [0.4, 0.5) is 5.69 Å². The summed E-state index contributed by atoms with van der Waals surface area (Å²) in [6.45, 7) is 2.13. The average molecular weight is 349 g/mol. The molecule has 1 aliphatic rings. The van der Waals surface area contributed by atoms with Crippen molar-refractivity contribution >= 4 is 23.6 Å². The highest BCUT2D eigenvalue weighted by molar-refractivity contribution is 6.04. The number of carbonyl (C=O) groups excluding carboxylic acids is 2. The van der Waals surface area contributed by atoms with Crippen molar-refractivity contribution in [1.29, 1.82) is 0 Å². The summed E-state index contributed by atoms with van der Waals surface area (Å²) < 4.78 is 4.85. The van der Waals surface area contributed by atoms with E-state index in [1.165, 1.54) is 30.0 Å². The zero-order valence-corrected chi connectivity index (χ0v) is 15.0. The molecule has 2 aromatic carbocycles. The van der Waals surface area contributed by atoms with Crippen LogP contribution in [0.2, 0.25) is 0 Å². The Morgan fingerprint density at radius 2 is 1.77 bits per heavy atom. The summed E-state index contributed by atoms with van der Waals surface area (Å²) in [7, 11) is 0. The molecule has 0 heterocycles. The van der Waals surface area contributed by atoms with Gasteiger partial charge in [-0.05, 0) is 79.6 Å². The first-order valence-electron chi connectivity index (χ1n) is 9.04. The molecule has 0 unspecified atom stereocenters. The largest absolute Gasteiger partial charge is 0.463 e. The standard InChI is InChI=1S/C22H23NO3/c1-2-26-21(24)14-9-16-7-12-20(13-8-16)23-22(25)19-11-10-17-5-3-4-6-18(17)15-19/h7-15H,2-6H2,1H3,(H,23,25). The summed E-state index contributed by atoms with van der Waals surface area (Å²) >= 11 is 0. The van der Waals surface area contributed by atoms with Crippen LogP contribution in [0.1, 0.15) is 46.8 Å². The Balaban J connectivity index is 1.63. The number of rotatable bonds is 5. The Morgan fingerprint density at radius 1 is 1.04 bits per heavy atom. The molecule has 2 aromatic rings. The normalized spacial score (nSPS) is 13.3. The maximum atomic E-state index is 12.5. The molecule has 0 spiro atoms. The molecule has 0 bridgehead atoms. The first-order valence-corrected chi connectivity index (χ1v) is 9.04. The van der Waals surface area contributed by atoms with Crippen molar-refractivity contribution < 1.29 is 14.3 Å². The molecule has 1 aliphatic carbocycles. The molecule has 0 fully saturated rings. The second kappa shape index (κ2) is 8.48. The highest BCUT2D eigenvalue weighted by Crippen LogP contribution is 2.22. The summed E-state index contributed by atoms with van der Waals surface area (Å²) in [4.78, 5) is 23.8. The molecule has 0 saturated heterocycles. The van der Waals surface area contributed by atoms with Gasteiger partial charge in [0.1, 0.15) is 0 Å². The number of amides is 1. The molecule has 26 heavy (non-hydrogen) atoms. The van der Waals surface area contributed by atoms with Gasteiger partial charge in [-0.2, -0.15) is 0 Å². The topological polar surface area (TPSA) is 55.4 Å². The van der Waals surface area contributed by atoms with Gasteiger partial charge in [0, 0.05) is 17.3 Å². The number of nitrogens with one attached hydrogen (secondary N) is 1. The lowest BCUT2D eigenvalue weighted by Crippen LogP contribution is -2.13. The van der Waals surface area contributed by atoms with Crippen LogP contribution in [0.25, 0.3) is 6.08 Å². The van der Waals surface area contributed by atoms with Gasteiger partial charge in [-0.25, -0.2) is 4.79 Å². The number of esters is 1. The number of anilines is 1. The molecule has 0 aromatic heterocycles. The summed E-state index contributed by atoms with van der Waals surface area (Å²) in [5.74, 6) is -0.467. The lowest BCUT2D eigenvalue weighted by Gasteiger charge is -2.16. The van der Waals surface area contributed by atoms with E-state index in [4.69, 9.17) is 4.74 Å². The first-order chi connectivity index (χ1) is 12.7. The Bertz CT molecular complexity index is 822. The van der Waals surface area contributed by atoms with Gasteiger partial charge in [0.15, 0.2) is 0 Å². The highest BCUT2D eigenvalue weighted by atomic mass is 16.5. The zero-order chi connectivity index (χ0) is 18.4. The fourth-order valence-corrected chi connectivity index (χ4v) is 3.11. The number of ether oxygens (including phenoxy) is 1. The number of hydrogen-bond acceptors (Lipinski definition) is 3. The molecule has 0 saturated carbocycles. The van der Waals surface area contributed by atoms with Gasteiger partial charge in [-0.3, -0.25) is 4.79 Å². The fourth-order valence-electron chi connectivity index (χ4n) is 3.11. The molecule has 3 rings (SSSR count). The van der Waals surface area contributed by atoms with Gasteiger partial charge >= 0.3 is 5.97 Å². The van der Waals surface area contributed by atoms with Crippen LogP contribution in [0.3, 0.4) is 0 Å². The van der Waals surface area contributed by atoms with Crippen LogP contribution < -0.4 is 5.32 Å². The van der Waals surface area contributed by atoms with E-state index in [9.17, 15) is 9.59 Å². The second-order valence-electron chi connectivity index (χ2n) is 6.35. The number of benzene rings is 2. The van der Waals surface area contributed by atoms with Crippen molar-refractivity contribution in [2.45, 2.75) is 32.6 Å². The van der Waals surface area contributed by atoms with Crippen molar-refractivity contribution in [2.75, 3.05) is 11.9 Å². The molecule has 1 amide bonds. The van der Waals surface area contributed by atoms with Crippen LogP contribution in [0.5, 0.6) is 0 Å². The fraction of sp³-hybridized carbons (Fsp3) is 0.273. The Labute approximate surface area is 153 Å². The zero-order valence-electron chi connectivity index (χ0n) is 15.0. The van der Waals surface area contributed by atoms with Crippen molar-refractivity contribution in [2.24, 2.45) is 0 Å². The predicted molar refractivity (Wildman–Crippen MR) is 103 cm³/mol. The number of hydrogen-bond donors (Lipinski definition) is 1. The van der Waals surface area contributed by atoms with Crippen LogP contribution >= 0.6 is 0 Å². The second-order valence-corrected chi connectivity index (χ2v) is 6.35. The van der Waals surface area contributed by atoms with Crippen molar-refractivity contribution in [3.63, 3.8) is 0 Å². The van der Waals surface area contributed by atoms with Crippen LogP contribution in [0.15, 0.2) is 48.5 Å². The van der Waals surface area contributed by atoms with Gasteiger partial charge in [0.05, 0.1) is 6.61 Å². The first kappa shape index (κ1) is 17.9. The van der Waals surface area contributed by atoms with E-state index in [1.807, 2.05) is 36.4 Å². The van der Waals surface area contributed by atoms with Crippen molar-refractivity contribution in [1.82, 2.24) is 0 Å². The summed E-state index contributed by atoms with van der Waals surface area (Å²) in [6, 6.07) is 13.3. The third-order valence-electron chi connectivity index (χ3n) is 4.48. The van der Waals surface area contributed by atoms with Crippen LogP contribution in [-0.2, 0) is 22.4 Å². The Kier molecular flexibility index (Phi) is 5.84. The van der Waals surface area contributed by atoms with E-state index in [0.29, 0.717) is 12.2 Å². The SMILES string of the molecule is CCOC(=O)C=Cc1ccc(NC(=O)c2ccc3c(c2)CCCC3)cc1. The van der Waals surface area contributed by atoms with Gasteiger partial charge in [0.25, 0.3) is 5.91 Å². The van der Waals surface area contributed by atoms with E-state index in [0.717, 1.165) is 24.1 Å². The van der Waals surface area contributed by atoms with Crippen LogP contribution in [-0.4, -0.2) is 18.5 Å². The molecular weight excluding hydrogens is 326 g/mol. The van der Waals surface area contributed by atoms with E-state index in [2.05, 4.69) is 11.4 Å². The van der Waals surface area contributed by atoms with Gasteiger partial charge in [-0.1, -0.05) is 18.2 Å². The number of carbonyl (C=O) groups is 2. The maximum absolute atomic E-state index is 12.5. The quantitative estimate of drug-likeness (QED) is 0.643. The van der Waals surface area contributed by atoms with E-state index in [1.54, 1.807) is 13.0 Å². The Hall–Kier alpha value is -2.88. The molecule has 4 heteroatoms. The highest BCUT2D eigenvalue weighted by Gasteiger charge is 2.13. The van der Waals surface area contributed by atoms with E-state index >= 15 is 0 Å². The predicted octanol–water partition coefficient (Wildman–Crippen LogP) is 4.39. The summed E-state index contributed by atoms with van der Waals surface area (Å²) in [6.07, 6.45) is 7.67. The third-order valence-corrected chi connectivity index (χ3v) is 4.48. The Morgan fingerprint density at radius 3 is 2.50 bits per heavy atom.